The SMILES string of the molecule is c1cnc2c(c1)CC[C@@H]1CCCN(Cc3cn4c(N5CCC(C6CCNCC6)CC5)cccc4n3)[C@H]21. The summed E-state index contributed by atoms with van der Waals surface area (Å²) in [7, 11) is 0. The lowest BCUT2D eigenvalue weighted by atomic mass is 9.77. The van der Waals surface area contributed by atoms with Crippen molar-refractivity contribution in [2.24, 2.45) is 17.8 Å². The van der Waals surface area contributed by atoms with Crippen molar-refractivity contribution in [1.82, 2.24) is 24.6 Å². The molecule has 3 aliphatic heterocycles. The first kappa shape index (κ1) is 22.7. The lowest BCUT2D eigenvalue weighted by molar-refractivity contribution is 0.0687. The van der Waals surface area contributed by atoms with E-state index in [1.54, 1.807) is 0 Å². The van der Waals surface area contributed by atoms with Gasteiger partial charge < -0.3 is 10.2 Å². The number of piperidine rings is 3. The van der Waals surface area contributed by atoms with Crippen molar-refractivity contribution < 1.29 is 0 Å². The van der Waals surface area contributed by atoms with Crippen LogP contribution in [0.2, 0.25) is 0 Å². The number of aryl methyl sites for hydroxylation is 1. The van der Waals surface area contributed by atoms with Crippen molar-refractivity contribution in [3.05, 3.63) is 59.7 Å². The summed E-state index contributed by atoms with van der Waals surface area (Å²) >= 11 is 0. The number of hydrogen-bond acceptors (Lipinski definition) is 5. The van der Waals surface area contributed by atoms with E-state index in [0.29, 0.717) is 6.04 Å². The van der Waals surface area contributed by atoms with Gasteiger partial charge in [0.1, 0.15) is 11.5 Å². The lowest BCUT2D eigenvalue weighted by Crippen LogP contribution is -2.41. The van der Waals surface area contributed by atoms with Crippen LogP contribution in [0.5, 0.6) is 0 Å². The summed E-state index contributed by atoms with van der Waals surface area (Å²) in [6.45, 7) is 6.81. The topological polar surface area (TPSA) is 48.7 Å². The fourth-order valence-electron chi connectivity index (χ4n) is 7.80. The van der Waals surface area contributed by atoms with Gasteiger partial charge in [-0.1, -0.05) is 12.1 Å². The first-order valence-electron chi connectivity index (χ1n) is 14.4. The quantitative estimate of drug-likeness (QED) is 0.574. The van der Waals surface area contributed by atoms with Crippen LogP contribution in [0.4, 0.5) is 5.82 Å². The van der Waals surface area contributed by atoms with Crippen molar-refractivity contribution in [1.29, 1.82) is 0 Å². The third-order valence-electron chi connectivity index (χ3n) is 9.65. The monoisotopic (exact) mass is 484 g/mol. The highest BCUT2D eigenvalue weighted by Crippen LogP contribution is 2.43. The number of anilines is 1. The molecule has 3 aromatic heterocycles. The summed E-state index contributed by atoms with van der Waals surface area (Å²) in [5.41, 5.74) is 5.06. The van der Waals surface area contributed by atoms with Gasteiger partial charge in [0, 0.05) is 32.0 Å². The summed E-state index contributed by atoms with van der Waals surface area (Å²) < 4.78 is 2.36. The van der Waals surface area contributed by atoms with Crippen LogP contribution < -0.4 is 10.2 Å². The highest BCUT2D eigenvalue weighted by Gasteiger charge is 2.37. The molecule has 36 heavy (non-hydrogen) atoms. The standard InChI is InChI=1S/C30H40N6/c1-6-27-33-26(20-35-17-3-5-25-9-8-24-4-2-14-32-29(24)30(25)35)21-36(27)28(7-1)34-18-12-23(13-19-34)22-10-15-31-16-11-22/h1-2,4,6-7,14,21-23,25,30-31H,3,5,8-13,15-20H2/t25-,30-/m0/s1. The van der Waals surface area contributed by atoms with E-state index < -0.39 is 0 Å². The zero-order valence-electron chi connectivity index (χ0n) is 21.5. The molecule has 0 saturated carbocycles. The molecule has 6 heteroatoms. The Morgan fingerprint density at radius 2 is 1.72 bits per heavy atom. The Labute approximate surface area is 215 Å². The van der Waals surface area contributed by atoms with E-state index in [9.17, 15) is 0 Å². The van der Waals surface area contributed by atoms with Crippen LogP contribution in [0.15, 0.2) is 42.7 Å². The molecule has 190 valence electrons. The van der Waals surface area contributed by atoms with Gasteiger partial charge in [0.15, 0.2) is 0 Å². The fraction of sp³-hybridized carbons (Fsp3) is 0.600. The molecule has 0 aromatic carbocycles. The van der Waals surface area contributed by atoms with E-state index in [2.05, 4.69) is 56.0 Å². The second-order valence-corrected chi connectivity index (χ2v) is 11.7. The summed E-state index contributed by atoms with van der Waals surface area (Å²) in [5.74, 6) is 3.88. The Hall–Kier alpha value is -2.44. The van der Waals surface area contributed by atoms with Crippen molar-refractivity contribution in [2.45, 2.75) is 64.0 Å². The minimum atomic E-state index is 0.446. The zero-order chi connectivity index (χ0) is 23.9. The maximum atomic E-state index is 5.11. The number of fused-ring (bicyclic) bond motifs is 4. The Morgan fingerprint density at radius 3 is 2.61 bits per heavy atom. The van der Waals surface area contributed by atoms with Gasteiger partial charge in [0.25, 0.3) is 0 Å². The van der Waals surface area contributed by atoms with Gasteiger partial charge in [-0.05, 0) is 113 Å². The van der Waals surface area contributed by atoms with E-state index >= 15 is 0 Å². The van der Waals surface area contributed by atoms with Crippen LogP contribution in [0.25, 0.3) is 5.65 Å². The van der Waals surface area contributed by atoms with Crippen LogP contribution in [0, 0.1) is 17.8 Å². The van der Waals surface area contributed by atoms with Crippen molar-refractivity contribution >= 4 is 11.5 Å². The van der Waals surface area contributed by atoms with Gasteiger partial charge in [0.2, 0.25) is 0 Å². The number of aromatic nitrogens is 3. The molecule has 7 rings (SSSR count). The molecule has 0 bridgehead atoms. The van der Waals surface area contributed by atoms with Crippen LogP contribution in [0.3, 0.4) is 0 Å². The number of pyridine rings is 2. The fourth-order valence-corrected chi connectivity index (χ4v) is 7.80. The maximum absolute atomic E-state index is 5.11. The number of nitrogens with zero attached hydrogens (tertiary/aromatic N) is 5. The van der Waals surface area contributed by atoms with E-state index in [1.165, 1.54) is 100 Å². The third-order valence-corrected chi connectivity index (χ3v) is 9.65. The lowest BCUT2D eigenvalue weighted by Gasteiger charge is -2.44. The summed E-state index contributed by atoms with van der Waals surface area (Å²) in [6.07, 6.45) is 14.8. The van der Waals surface area contributed by atoms with Gasteiger partial charge in [-0.15, -0.1) is 0 Å². The van der Waals surface area contributed by atoms with Crippen LogP contribution in [-0.4, -0.2) is 52.0 Å². The van der Waals surface area contributed by atoms with E-state index in [1.807, 2.05) is 6.20 Å². The van der Waals surface area contributed by atoms with Crippen LogP contribution in [0.1, 0.15) is 67.9 Å². The van der Waals surface area contributed by atoms with Crippen LogP contribution >= 0.6 is 0 Å². The zero-order valence-corrected chi connectivity index (χ0v) is 21.5. The molecule has 1 aliphatic carbocycles. The minimum Gasteiger partial charge on any atom is -0.358 e. The maximum Gasteiger partial charge on any atom is 0.138 e. The van der Waals surface area contributed by atoms with Crippen molar-refractivity contribution in [2.75, 3.05) is 37.6 Å². The number of nitrogens with one attached hydrogen (secondary N) is 1. The normalized spacial score (nSPS) is 26.2. The predicted molar refractivity (Wildman–Crippen MR) is 144 cm³/mol. The van der Waals surface area contributed by atoms with Gasteiger partial charge in [-0.25, -0.2) is 4.98 Å². The molecule has 1 N–H and O–H groups in total. The van der Waals surface area contributed by atoms with Gasteiger partial charge in [0.05, 0.1) is 17.4 Å². The molecular formula is C30H40N6. The average Bonchev–Trinajstić information content (AvgIpc) is 3.36. The number of rotatable bonds is 4. The van der Waals surface area contributed by atoms with Gasteiger partial charge in [-0.3, -0.25) is 14.3 Å². The number of likely N-dealkylation sites (tertiary alicyclic amines) is 1. The third kappa shape index (κ3) is 4.22. The molecule has 0 spiro atoms. The van der Waals surface area contributed by atoms with Gasteiger partial charge >= 0.3 is 0 Å². The predicted octanol–water partition coefficient (Wildman–Crippen LogP) is 4.84. The second kappa shape index (κ2) is 9.79. The molecule has 3 fully saturated rings. The summed E-state index contributed by atoms with van der Waals surface area (Å²) in [6, 6.07) is 11.5. The Kier molecular flexibility index (Phi) is 6.18. The first-order valence-corrected chi connectivity index (χ1v) is 14.4. The molecule has 0 radical (unpaired) electrons. The van der Waals surface area contributed by atoms with E-state index in [4.69, 9.17) is 9.97 Å². The molecule has 0 unspecified atom stereocenters. The average molecular weight is 485 g/mol. The Morgan fingerprint density at radius 1 is 0.861 bits per heavy atom. The smallest absolute Gasteiger partial charge is 0.138 e. The summed E-state index contributed by atoms with van der Waals surface area (Å²) in [4.78, 5) is 15.3. The molecule has 4 aliphatic rings. The molecule has 3 saturated heterocycles. The molecule has 0 amide bonds. The highest BCUT2D eigenvalue weighted by atomic mass is 15.2. The molecular weight excluding hydrogens is 444 g/mol. The molecule has 2 atom stereocenters. The highest BCUT2D eigenvalue weighted by molar-refractivity contribution is 5.53. The molecule has 6 nitrogen and oxygen atoms in total. The molecule has 3 aromatic rings. The largest absolute Gasteiger partial charge is 0.358 e. The number of imidazole rings is 1. The minimum absolute atomic E-state index is 0.446. The van der Waals surface area contributed by atoms with Crippen molar-refractivity contribution in [3.63, 3.8) is 0 Å². The Bertz CT molecular complexity index is 1190. The first-order chi connectivity index (χ1) is 17.8. The van der Waals surface area contributed by atoms with E-state index in [-0.39, 0.29) is 0 Å². The number of hydrogen-bond donors (Lipinski definition) is 1. The molecule has 6 heterocycles. The van der Waals surface area contributed by atoms with Crippen molar-refractivity contribution in [3.8, 4) is 0 Å². The van der Waals surface area contributed by atoms with Crippen LogP contribution in [-0.2, 0) is 13.0 Å². The van der Waals surface area contributed by atoms with E-state index in [0.717, 1.165) is 36.5 Å². The second-order valence-electron chi connectivity index (χ2n) is 11.7. The summed E-state index contributed by atoms with van der Waals surface area (Å²) in [5, 5.41) is 3.53. The van der Waals surface area contributed by atoms with Gasteiger partial charge in [-0.2, -0.15) is 0 Å². The Balaban J connectivity index is 1.10.